The van der Waals surface area contributed by atoms with E-state index in [2.05, 4.69) is 10.6 Å². The Kier molecular flexibility index (Phi) is 6.39. The van der Waals surface area contributed by atoms with Gasteiger partial charge in [-0.1, -0.05) is 18.2 Å². The lowest BCUT2D eigenvalue weighted by atomic mass is 9.96. The maximum absolute atomic E-state index is 12.7. The van der Waals surface area contributed by atoms with Crippen LogP contribution in [0.1, 0.15) is 23.4 Å². The van der Waals surface area contributed by atoms with Gasteiger partial charge >= 0.3 is 11.8 Å². The van der Waals surface area contributed by atoms with Gasteiger partial charge in [0.05, 0.1) is 7.11 Å². The van der Waals surface area contributed by atoms with Crippen LogP contribution in [0.2, 0.25) is 0 Å². The van der Waals surface area contributed by atoms with Crippen molar-refractivity contribution < 1.29 is 23.5 Å². The molecule has 1 aliphatic rings. The molecule has 0 atom stereocenters. The lowest BCUT2D eigenvalue weighted by Crippen LogP contribution is -2.43. The zero-order chi connectivity index (χ0) is 22.5. The molecule has 4 rings (SSSR count). The molecule has 0 radical (unpaired) electrons. The monoisotopic (exact) mass is 435 g/mol. The summed E-state index contributed by atoms with van der Waals surface area (Å²) in [5.74, 6) is -0.310. The highest BCUT2D eigenvalue weighted by Crippen LogP contribution is 2.23. The number of ether oxygens (including phenoxy) is 1. The van der Waals surface area contributed by atoms with Gasteiger partial charge in [-0.25, -0.2) is 0 Å². The second-order valence-electron chi connectivity index (χ2n) is 7.78. The predicted molar refractivity (Wildman–Crippen MR) is 119 cm³/mol. The van der Waals surface area contributed by atoms with E-state index in [9.17, 15) is 14.4 Å². The molecule has 2 heterocycles. The zero-order valence-electron chi connectivity index (χ0n) is 17.8. The van der Waals surface area contributed by atoms with Crippen molar-refractivity contribution in [3.8, 4) is 5.75 Å². The SMILES string of the molecule is COc1ccc(NC(=O)C(=O)NCC2CCN(C(=O)c3cc4ccccc4o3)CC2)cc1. The summed E-state index contributed by atoms with van der Waals surface area (Å²) in [6.45, 7) is 1.55. The Morgan fingerprint density at radius 1 is 1.03 bits per heavy atom. The fourth-order valence-electron chi connectivity index (χ4n) is 3.76. The lowest BCUT2D eigenvalue weighted by Gasteiger charge is -2.31. The molecule has 32 heavy (non-hydrogen) atoms. The van der Waals surface area contributed by atoms with Crippen molar-refractivity contribution in [1.82, 2.24) is 10.2 Å². The number of nitrogens with one attached hydrogen (secondary N) is 2. The van der Waals surface area contributed by atoms with Crippen molar-refractivity contribution in [2.24, 2.45) is 5.92 Å². The topological polar surface area (TPSA) is 101 Å². The number of carbonyl (C=O) groups is 3. The van der Waals surface area contributed by atoms with E-state index in [0.717, 1.165) is 18.2 Å². The first-order valence-electron chi connectivity index (χ1n) is 10.5. The van der Waals surface area contributed by atoms with E-state index in [4.69, 9.17) is 9.15 Å². The molecule has 0 spiro atoms. The highest BCUT2D eigenvalue weighted by Gasteiger charge is 2.26. The summed E-state index contributed by atoms with van der Waals surface area (Å²) in [6.07, 6.45) is 1.48. The third-order valence-electron chi connectivity index (χ3n) is 5.64. The number of para-hydroxylation sites is 1. The van der Waals surface area contributed by atoms with Crippen molar-refractivity contribution in [1.29, 1.82) is 0 Å². The van der Waals surface area contributed by atoms with Gasteiger partial charge in [0, 0.05) is 30.7 Å². The van der Waals surface area contributed by atoms with Crippen molar-refractivity contribution in [2.75, 3.05) is 32.1 Å². The van der Waals surface area contributed by atoms with Crippen molar-refractivity contribution in [3.63, 3.8) is 0 Å². The van der Waals surface area contributed by atoms with E-state index in [1.807, 2.05) is 24.3 Å². The number of amides is 3. The van der Waals surface area contributed by atoms with Crippen LogP contribution in [0, 0.1) is 5.92 Å². The molecule has 8 heteroatoms. The lowest BCUT2D eigenvalue weighted by molar-refractivity contribution is -0.136. The first-order valence-corrected chi connectivity index (χ1v) is 10.5. The summed E-state index contributed by atoms with van der Waals surface area (Å²) in [5.41, 5.74) is 1.21. The molecule has 1 fully saturated rings. The Balaban J connectivity index is 1.22. The van der Waals surface area contributed by atoms with E-state index in [1.165, 1.54) is 0 Å². The van der Waals surface area contributed by atoms with Gasteiger partial charge in [0.2, 0.25) is 0 Å². The number of hydrogen-bond donors (Lipinski definition) is 2. The predicted octanol–water partition coefficient (Wildman–Crippen LogP) is 3.05. The second-order valence-corrected chi connectivity index (χ2v) is 7.78. The maximum atomic E-state index is 12.7. The minimum Gasteiger partial charge on any atom is -0.497 e. The number of nitrogens with zero attached hydrogens (tertiary/aromatic N) is 1. The molecule has 2 aromatic carbocycles. The highest BCUT2D eigenvalue weighted by atomic mass is 16.5. The standard InChI is InChI=1S/C24H25N3O5/c1-31-19-8-6-18(7-9-19)26-23(29)22(28)25-15-16-10-12-27(13-11-16)24(30)21-14-17-4-2-3-5-20(17)32-21/h2-9,14,16H,10-13,15H2,1H3,(H,25,28)(H,26,29). The maximum Gasteiger partial charge on any atom is 0.313 e. The van der Waals surface area contributed by atoms with Crippen LogP contribution in [-0.2, 0) is 9.59 Å². The summed E-state index contributed by atoms with van der Waals surface area (Å²) in [4.78, 5) is 38.7. The molecule has 166 valence electrons. The molecule has 1 saturated heterocycles. The van der Waals surface area contributed by atoms with Crippen LogP contribution in [-0.4, -0.2) is 49.4 Å². The van der Waals surface area contributed by atoms with Crippen LogP contribution in [0.5, 0.6) is 5.75 Å². The van der Waals surface area contributed by atoms with Crippen LogP contribution >= 0.6 is 0 Å². The van der Waals surface area contributed by atoms with Crippen molar-refractivity contribution in [2.45, 2.75) is 12.8 Å². The van der Waals surface area contributed by atoms with E-state index >= 15 is 0 Å². The Labute approximate surface area is 185 Å². The van der Waals surface area contributed by atoms with Gasteiger partial charge in [-0.3, -0.25) is 14.4 Å². The van der Waals surface area contributed by atoms with E-state index in [-0.39, 0.29) is 11.8 Å². The van der Waals surface area contributed by atoms with Gasteiger partial charge in [0.1, 0.15) is 11.3 Å². The Morgan fingerprint density at radius 3 is 2.44 bits per heavy atom. The molecule has 0 bridgehead atoms. The second kappa shape index (κ2) is 9.55. The quantitative estimate of drug-likeness (QED) is 0.600. The van der Waals surface area contributed by atoms with Gasteiger partial charge < -0.3 is 24.7 Å². The number of piperidine rings is 1. The number of benzene rings is 2. The fraction of sp³-hybridized carbons (Fsp3) is 0.292. The molecular formula is C24H25N3O5. The van der Waals surface area contributed by atoms with Crippen LogP contribution in [0.3, 0.4) is 0 Å². The van der Waals surface area contributed by atoms with Crippen molar-refractivity contribution >= 4 is 34.4 Å². The van der Waals surface area contributed by atoms with Crippen LogP contribution in [0.15, 0.2) is 59.0 Å². The zero-order valence-corrected chi connectivity index (χ0v) is 17.8. The number of methoxy groups -OCH3 is 1. The third-order valence-corrected chi connectivity index (χ3v) is 5.64. The molecular weight excluding hydrogens is 410 g/mol. The normalized spacial score (nSPS) is 14.2. The van der Waals surface area contributed by atoms with Crippen LogP contribution in [0.4, 0.5) is 5.69 Å². The number of carbonyl (C=O) groups excluding carboxylic acids is 3. The average molecular weight is 435 g/mol. The molecule has 1 aliphatic heterocycles. The van der Waals surface area contributed by atoms with Gasteiger partial charge in [0.25, 0.3) is 5.91 Å². The number of furan rings is 1. The molecule has 3 aromatic rings. The summed E-state index contributed by atoms with van der Waals surface area (Å²) in [5, 5.41) is 6.16. The number of rotatable bonds is 5. The first kappa shape index (κ1) is 21.4. The molecule has 1 aromatic heterocycles. The van der Waals surface area contributed by atoms with E-state index in [1.54, 1.807) is 42.3 Å². The summed E-state index contributed by atoms with van der Waals surface area (Å²) in [6, 6.07) is 16.0. The summed E-state index contributed by atoms with van der Waals surface area (Å²) < 4.78 is 10.7. The van der Waals surface area contributed by atoms with Gasteiger partial charge in [-0.15, -0.1) is 0 Å². The third kappa shape index (κ3) is 4.91. The van der Waals surface area contributed by atoms with E-state index < -0.39 is 11.8 Å². The van der Waals surface area contributed by atoms with Gasteiger partial charge in [-0.05, 0) is 55.2 Å². The van der Waals surface area contributed by atoms with Crippen LogP contribution in [0.25, 0.3) is 11.0 Å². The van der Waals surface area contributed by atoms with E-state index in [0.29, 0.717) is 42.4 Å². The number of hydrogen-bond acceptors (Lipinski definition) is 5. The number of anilines is 1. The summed E-state index contributed by atoms with van der Waals surface area (Å²) in [7, 11) is 1.56. The highest BCUT2D eigenvalue weighted by molar-refractivity contribution is 6.39. The van der Waals surface area contributed by atoms with Crippen molar-refractivity contribution in [3.05, 3.63) is 60.4 Å². The molecule has 0 aliphatic carbocycles. The molecule has 8 nitrogen and oxygen atoms in total. The van der Waals surface area contributed by atoms with Crippen LogP contribution < -0.4 is 15.4 Å². The molecule has 3 amide bonds. The first-order chi connectivity index (χ1) is 15.5. The van der Waals surface area contributed by atoms with Gasteiger partial charge in [0.15, 0.2) is 5.76 Å². The average Bonchev–Trinajstić information content (AvgIpc) is 3.27. The Morgan fingerprint density at radius 2 is 1.75 bits per heavy atom. The minimum atomic E-state index is -0.715. The Bertz CT molecular complexity index is 1080. The molecule has 2 N–H and O–H groups in total. The smallest absolute Gasteiger partial charge is 0.313 e. The fourth-order valence-corrected chi connectivity index (χ4v) is 3.76. The number of likely N-dealkylation sites (tertiary alicyclic amines) is 1. The molecule has 0 saturated carbocycles. The number of fused-ring (bicyclic) bond motifs is 1. The molecule has 0 unspecified atom stereocenters. The van der Waals surface area contributed by atoms with Gasteiger partial charge in [-0.2, -0.15) is 0 Å². The summed E-state index contributed by atoms with van der Waals surface area (Å²) >= 11 is 0. The largest absolute Gasteiger partial charge is 0.497 e. The minimum absolute atomic E-state index is 0.123. The Hall–Kier alpha value is -3.81.